The topological polar surface area (TPSA) is 34.1 Å². The van der Waals surface area contributed by atoms with Crippen LogP contribution in [0.25, 0.3) is 0 Å². The van der Waals surface area contributed by atoms with Crippen molar-refractivity contribution in [3.8, 4) is 0 Å². The third-order valence-corrected chi connectivity index (χ3v) is 5.78. The van der Waals surface area contributed by atoms with Crippen LogP contribution < -0.4 is 0 Å². The maximum atomic E-state index is 12.0. The molecule has 0 rings (SSSR count). The number of sulfone groups is 1. The van der Waals surface area contributed by atoms with Crippen LogP contribution in [0.3, 0.4) is 0 Å². The highest BCUT2D eigenvalue weighted by molar-refractivity contribution is 7.91. The summed E-state index contributed by atoms with van der Waals surface area (Å²) in [4.78, 5) is 0. The van der Waals surface area contributed by atoms with Crippen molar-refractivity contribution in [1.29, 1.82) is 0 Å². The maximum absolute atomic E-state index is 12.0. The summed E-state index contributed by atoms with van der Waals surface area (Å²) >= 11 is 0. The molecule has 0 aromatic heterocycles. The Morgan fingerprint density at radius 2 is 1.42 bits per heavy atom. The molecule has 0 unspecified atom stereocenters. The zero-order valence-electron chi connectivity index (χ0n) is 14.0. The molecule has 3 heteroatoms. The molecule has 0 heterocycles. The smallest absolute Gasteiger partial charge is 0.150 e. The van der Waals surface area contributed by atoms with Crippen molar-refractivity contribution in [2.24, 2.45) is 16.7 Å². The molecular weight excluding hydrogens is 256 g/mol. The van der Waals surface area contributed by atoms with Gasteiger partial charge in [-0.2, -0.15) is 0 Å². The second kappa shape index (κ2) is 7.10. The van der Waals surface area contributed by atoms with Crippen LogP contribution in [0.1, 0.15) is 74.1 Å². The van der Waals surface area contributed by atoms with Crippen molar-refractivity contribution in [2.75, 3.05) is 11.5 Å². The van der Waals surface area contributed by atoms with Gasteiger partial charge >= 0.3 is 0 Å². The van der Waals surface area contributed by atoms with E-state index in [1.807, 2.05) is 6.92 Å². The third-order valence-electron chi connectivity index (χ3n) is 3.86. The predicted octanol–water partition coefficient (Wildman–Crippen LogP) is 4.69. The lowest BCUT2D eigenvalue weighted by molar-refractivity contribution is 0.285. The van der Waals surface area contributed by atoms with Crippen molar-refractivity contribution in [1.82, 2.24) is 0 Å². The second-order valence-electron chi connectivity index (χ2n) is 8.25. The van der Waals surface area contributed by atoms with E-state index < -0.39 is 9.84 Å². The first-order valence-electron chi connectivity index (χ1n) is 7.54. The molecule has 0 radical (unpaired) electrons. The molecule has 0 fully saturated rings. The van der Waals surface area contributed by atoms with E-state index in [1.54, 1.807) is 0 Å². The normalized spacial score (nSPS) is 15.5. The minimum atomic E-state index is -2.88. The highest BCUT2D eigenvalue weighted by atomic mass is 32.2. The van der Waals surface area contributed by atoms with Crippen molar-refractivity contribution in [3.05, 3.63) is 0 Å². The van der Waals surface area contributed by atoms with E-state index in [0.29, 0.717) is 16.9 Å². The number of hydrogen-bond donors (Lipinski definition) is 0. The lowest BCUT2D eigenvalue weighted by Crippen LogP contribution is -2.26. The standard InChI is InChI=1S/C16H34O2S/c1-14(16(5,6)7)13-19(17,18)12-10-8-9-11-15(2,3)4/h14H,8-13H2,1-7H3/t14-/m1/s1. The molecule has 0 saturated heterocycles. The maximum Gasteiger partial charge on any atom is 0.150 e. The summed E-state index contributed by atoms with van der Waals surface area (Å²) in [6, 6.07) is 0. The van der Waals surface area contributed by atoms with Crippen LogP contribution in [0, 0.1) is 16.7 Å². The summed E-state index contributed by atoms with van der Waals surface area (Å²) in [5.41, 5.74) is 0.429. The van der Waals surface area contributed by atoms with Gasteiger partial charge in [-0.1, -0.05) is 61.3 Å². The van der Waals surface area contributed by atoms with Crippen molar-refractivity contribution in [2.45, 2.75) is 74.1 Å². The van der Waals surface area contributed by atoms with Gasteiger partial charge < -0.3 is 0 Å². The Morgan fingerprint density at radius 3 is 1.84 bits per heavy atom. The first-order valence-corrected chi connectivity index (χ1v) is 9.36. The average molecular weight is 291 g/mol. The van der Waals surface area contributed by atoms with E-state index >= 15 is 0 Å². The molecule has 0 aliphatic carbocycles. The fraction of sp³-hybridized carbons (Fsp3) is 1.00. The number of hydrogen-bond acceptors (Lipinski definition) is 2. The zero-order valence-corrected chi connectivity index (χ0v) is 14.9. The fourth-order valence-corrected chi connectivity index (χ4v) is 3.94. The van der Waals surface area contributed by atoms with Gasteiger partial charge in [-0.25, -0.2) is 8.42 Å². The van der Waals surface area contributed by atoms with Crippen LogP contribution in [-0.4, -0.2) is 19.9 Å². The lowest BCUT2D eigenvalue weighted by atomic mass is 9.83. The van der Waals surface area contributed by atoms with E-state index in [2.05, 4.69) is 41.5 Å². The molecule has 0 spiro atoms. The minimum Gasteiger partial charge on any atom is -0.229 e. The van der Waals surface area contributed by atoms with Gasteiger partial charge in [-0.3, -0.25) is 0 Å². The van der Waals surface area contributed by atoms with Crippen LogP contribution in [0.4, 0.5) is 0 Å². The summed E-state index contributed by atoms with van der Waals surface area (Å²) in [5.74, 6) is 0.903. The fourth-order valence-electron chi connectivity index (χ4n) is 1.87. The van der Waals surface area contributed by atoms with Crippen LogP contribution in [0.5, 0.6) is 0 Å². The van der Waals surface area contributed by atoms with E-state index in [4.69, 9.17) is 0 Å². The van der Waals surface area contributed by atoms with Crippen LogP contribution in [0.2, 0.25) is 0 Å². The van der Waals surface area contributed by atoms with Crippen LogP contribution in [0.15, 0.2) is 0 Å². The molecule has 0 saturated carbocycles. The average Bonchev–Trinajstić information content (AvgIpc) is 2.12. The molecule has 0 N–H and O–H groups in total. The first kappa shape index (κ1) is 18.9. The summed E-state index contributed by atoms with van der Waals surface area (Å²) in [7, 11) is -2.88. The van der Waals surface area contributed by atoms with Gasteiger partial charge in [0.25, 0.3) is 0 Å². The molecule has 0 bridgehead atoms. The lowest BCUT2D eigenvalue weighted by Gasteiger charge is -2.26. The molecule has 0 aliphatic rings. The molecule has 0 aromatic carbocycles. The summed E-state index contributed by atoms with van der Waals surface area (Å²) in [5, 5.41) is 0. The summed E-state index contributed by atoms with van der Waals surface area (Å²) in [6.07, 6.45) is 4.15. The monoisotopic (exact) mass is 290 g/mol. The van der Waals surface area contributed by atoms with E-state index in [0.717, 1.165) is 19.3 Å². The van der Waals surface area contributed by atoms with E-state index in [1.165, 1.54) is 6.42 Å². The Bertz CT molecular complexity index is 342. The van der Waals surface area contributed by atoms with Gasteiger partial charge in [-0.15, -0.1) is 0 Å². The van der Waals surface area contributed by atoms with Gasteiger partial charge in [0.1, 0.15) is 0 Å². The molecule has 0 aliphatic heterocycles. The predicted molar refractivity (Wildman–Crippen MR) is 85.2 cm³/mol. The van der Waals surface area contributed by atoms with Gasteiger partial charge in [0.15, 0.2) is 9.84 Å². The Labute approximate surface area is 121 Å². The molecule has 0 aromatic rings. The van der Waals surface area contributed by atoms with Gasteiger partial charge in [0, 0.05) is 0 Å². The Balaban J connectivity index is 4.00. The summed E-state index contributed by atoms with van der Waals surface area (Å²) < 4.78 is 24.1. The SMILES string of the molecule is C[C@H](CS(=O)(=O)CCCCCC(C)(C)C)C(C)(C)C. The largest absolute Gasteiger partial charge is 0.229 e. The van der Waals surface area contributed by atoms with Crippen molar-refractivity contribution in [3.63, 3.8) is 0 Å². The number of rotatable bonds is 7. The molecule has 0 amide bonds. The zero-order chi connectivity index (χ0) is 15.3. The molecular formula is C16H34O2S. The molecule has 116 valence electrons. The number of unbranched alkanes of at least 4 members (excludes halogenated alkanes) is 2. The Morgan fingerprint density at radius 1 is 0.895 bits per heavy atom. The quantitative estimate of drug-likeness (QED) is 0.637. The highest BCUT2D eigenvalue weighted by Crippen LogP contribution is 2.27. The highest BCUT2D eigenvalue weighted by Gasteiger charge is 2.25. The summed E-state index contributed by atoms with van der Waals surface area (Å²) in [6.45, 7) is 15.1. The Kier molecular flexibility index (Phi) is 7.08. The third kappa shape index (κ3) is 10.4. The first-order chi connectivity index (χ1) is 8.33. The van der Waals surface area contributed by atoms with Crippen LogP contribution >= 0.6 is 0 Å². The van der Waals surface area contributed by atoms with Gasteiger partial charge in [0.05, 0.1) is 11.5 Å². The Hall–Kier alpha value is -0.0500. The second-order valence-corrected chi connectivity index (χ2v) is 10.5. The minimum absolute atomic E-state index is 0.0688. The van der Waals surface area contributed by atoms with E-state index in [-0.39, 0.29) is 11.3 Å². The van der Waals surface area contributed by atoms with Crippen molar-refractivity contribution < 1.29 is 8.42 Å². The van der Waals surface area contributed by atoms with Crippen LogP contribution in [-0.2, 0) is 9.84 Å². The molecule has 2 nitrogen and oxygen atoms in total. The van der Waals surface area contributed by atoms with Crippen molar-refractivity contribution >= 4 is 9.84 Å². The van der Waals surface area contributed by atoms with Gasteiger partial charge in [-0.05, 0) is 29.6 Å². The van der Waals surface area contributed by atoms with E-state index in [9.17, 15) is 8.42 Å². The molecule has 19 heavy (non-hydrogen) atoms. The van der Waals surface area contributed by atoms with Gasteiger partial charge in [0.2, 0.25) is 0 Å². The molecule has 1 atom stereocenters.